The number of sulfonamides is 1. The Hall–Kier alpha value is -2.78. The van der Waals surface area contributed by atoms with Crippen molar-refractivity contribution < 1.29 is 18.0 Å². The number of nitrogens with zero attached hydrogens (tertiary/aromatic N) is 2. The van der Waals surface area contributed by atoms with Crippen LogP contribution in [-0.4, -0.2) is 44.8 Å². The van der Waals surface area contributed by atoms with Crippen molar-refractivity contribution in [3.05, 3.63) is 92.4 Å². The molecule has 0 radical (unpaired) electrons. The van der Waals surface area contributed by atoms with E-state index in [0.717, 1.165) is 9.87 Å². The number of likely N-dealkylation sites (N-methyl/N-ethyl adjacent to an activating group) is 1. The molecule has 0 spiro atoms. The first-order valence-electron chi connectivity index (χ1n) is 11.7. The second-order valence-electron chi connectivity index (χ2n) is 8.80. The van der Waals surface area contributed by atoms with E-state index in [1.807, 2.05) is 6.92 Å². The molecule has 0 saturated heterocycles. The summed E-state index contributed by atoms with van der Waals surface area (Å²) >= 11 is 18.5. The number of halogens is 3. The van der Waals surface area contributed by atoms with E-state index >= 15 is 0 Å². The average Bonchev–Trinajstić information content (AvgIpc) is 2.86. The van der Waals surface area contributed by atoms with E-state index in [-0.39, 0.29) is 11.4 Å². The lowest BCUT2D eigenvalue weighted by Crippen LogP contribution is -2.50. The lowest BCUT2D eigenvalue weighted by Gasteiger charge is -2.32. The van der Waals surface area contributed by atoms with Gasteiger partial charge in [-0.05, 0) is 74.4 Å². The van der Waals surface area contributed by atoms with E-state index < -0.39 is 34.4 Å². The molecule has 7 nitrogen and oxygen atoms in total. The zero-order chi connectivity index (χ0) is 28.2. The Balaban J connectivity index is 2.08. The summed E-state index contributed by atoms with van der Waals surface area (Å²) in [6.07, 6.45) is 0. The number of nitrogens with one attached hydrogen (secondary N) is 1. The Bertz CT molecular complexity index is 1450. The minimum atomic E-state index is -4.17. The molecule has 3 aromatic rings. The summed E-state index contributed by atoms with van der Waals surface area (Å²) in [4.78, 5) is 27.7. The third kappa shape index (κ3) is 6.80. The van der Waals surface area contributed by atoms with Crippen LogP contribution in [0.15, 0.2) is 65.6 Å². The lowest BCUT2D eigenvalue weighted by atomic mass is 10.1. The van der Waals surface area contributed by atoms with Gasteiger partial charge in [0.2, 0.25) is 11.8 Å². The molecule has 3 rings (SSSR count). The first-order chi connectivity index (χ1) is 17.8. The average molecular weight is 597 g/mol. The van der Waals surface area contributed by atoms with Gasteiger partial charge in [-0.2, -0.15) is 0 Å². The lowest BCUT2D eigenvalue weighted by molar-refractivity contribution is -0.139. The van der Waals surface area contributed by atoms with Gasteiger partial charge in [0.1, 0.15) is 12.6 Å². The maximum atomic E-state index is 13.9. The van der Waals surface area contributed by atoms with Crippen LogP contribution in [0.25, 0.3) is 0 Å². The number of rotatable bonds is 9. The summed E-state index contributed by atoms with van der Waals surface area (Å²) in [5.41, 5.74) is 2.29. The van der Waals surface area contributed by atoms with Gasteiger partial charge in [0, 0.05) is 28.7 Å². The molecule has 0 fully saturated rings. The van der Waals surface area contributed by atoms with Crippen molar-refractivity contribution in [1.82, 2.24) is 10.2 Å². The van der Waals surface area contributed by atoms with Crippen LogP contribution in [0, 0.1) is 13.8 Å². The first-order valence-corrected chi connectivity index (χ1v) is 14.2. The van der Waals surface area contributed by atoms with Crippen molar-refractivity contribution in [3.8, 4) is 0 Å². The van der Waals surface area contributed by atoms with Gasteiger partial charge in [-0.3, -0.25) is 13.9 Å². The third-order valence-corrected chi connectivity index (χ3v) is 8.68. The van der Waals surface area contributed by atoms with Crippen LogP contribution in [0.1, 0.15) is 23.6 Å². The standard InChI is InChI=1S/C27H28Cl3N3O4S/c1-17-5-10-23(11-6-17)38(36,37)33(25-12-9-21(28)13-18(25)2)16-26(34)32(19(3)27(35)31-4)15-20-7-8-22(29)14-24(20)30/h5-14,19H,15-16H2,1-4H3,(H,31,35)/t19-/m1/s1. The summed E-state index contributed by atoms with van der Waals surface area (Å²) < 4.78 is 28.8. The van der Waals surface area contributed by atoms with E-state index in [2.05, 4.69) is 5.32 Å². The minimum Gasteiger partial charge on any atom is -0.357 e. The summed E-state index contributed by atoms with van der Waals surface area (Å²) in [6, 6.07) is 15.0. The highest BCUT2D eigenvalue weighted by atomic mass is 35.5. The molecule has 3 aromatic carbocycles. The van der Waals surface area contributed by atoms with Gasteiger partial charge >= 0.3 is 0 Å². The molecule has 0 aliphatic heterocycles. The molecule has 0 aliphatic carbocycles. The highest BCUT2D eigenvalue weighted by molar-refractivity contribution is 7.92. The van der Waals surface area contributed by atoms with Crippen LogP contribution in [0.3, 0.4) is 0 Å². The number of amides is 2. The monoisotopic (exact) mass is 595 g/mol. The number of aryl methyl sites for hydroxylation is 2. The van der Waals surface area contributed by atoms with Crippen molar-refractivity contribution >= 4 is 62.3 Å². The Kier molecular flexibility index (Phi) is 9.70. The fourth-order valence-corrected chi connectivity index (χ4v) is 6.05. The summed E-state index contributed by atoms with van der Waals surface area (Å²) in [7, 11) is -2.71. The smallest absolute Gasteiger partial charge is 0.264 e. The van der Waals surface area contributed by atoms with E-state index in [0.29, 0.717) is 31.9 Å². The van der Waals surface area contributed by atoms with Gasteiger partial charge in [-0.15, -0.1) is 0 Å². The molecule has 202 valence electrons. The number of anilines is 1. The van der Waals surface area contributed by atoms with Crippen LogP contribution < -0.4 is 9.62 Å². The zero-order valence-corrected chi connectivity index (χ0v) is 24.4. The van der Waals surface area contributed by atoms with Crippen molar-refractivity contribution in [2.45, 2.75) is 38.3 Å². The van der Waals surface area contributed by atoms with Gasteiger partial charge < -0.3 is 10.2 Å². The molecule has 1 N–H and O–H groups in total. The molecule has 0 aromatic heterocycles. The number of hydrogen-bond acceptors (Lipinski definition) is 4. The molecular formula is C27H28Cl3N3O4S. The molecule has 38 heavy (non-hydrogen) atoms. The van der Waals surface area contributed by atoms with Crippen molar-refractivity contribution in [1.29, 1.82) is 0 Å². The van der Waals surface area contributed by atoms with Crippen LogP contribution in [0.5, 0.6) is 0 Å². The summed E-state index contributed by atoms with van der Waals surface area (Å²) in [5, 5.41) is 3.70. The molecule has 0 bridgehead atoms. The van der Waals surface area contributed by atoms with Crippen LogP contribution in [0.4, 0.5) is 5.69 Å². The van der Waals surface area contributed by atoms with E-state index in [1.165, 1.54) is 30.1 Å². The second-order valence-corrected chi connectivity index (χ2v) is 11.9. The molecule has 1 atom stereocenters. The van der Waals surface area contributed by atoms with Gasteiger partial charge in [0.05, 0.1) is 10.6 Å². The highest BCUT2D eigenvalue weighted by Gasteiger charge is 2.33. The fraction of sp³-hybridized carbons (Fsp3) is 0.259. The maximum absolute atomic E-state index is 13.9. The molecule has 11 heteroatoms. The van der Waals surface area contributed by atoms with Gasteiger partial charge in [0.15, 0.2) is 0 Å². The van der Waals surface area contributed by atoms with Crippen LogP contribution in [0.2, 0.25) is 15.1 Å². The first kappa shape index (κ1) is 29.8. The molecule has 2 amide bonds. The molecule has 0 heterocycles. The molecule has 0 aliphatic rings. The normalized spacial score (nSPS) is 12.1. The Morgan fingerprint density at radius 2 is 1.53 bits per heavy atom. The summed E-state index contributed by atoms with van der Waals surface area (Å²) in [6.45, 7) is 4.52. The van der Waals surface area contributed by atoms with E-state index in [4.69, 9.17) is 34.8 Å². The maximum Gasteiger partial charge on any atom is 0.264 e. The topological polar surface area (TPSA) is 86.8 Å². The largest absolute Gasteiger partial charge is 0.357 e. The number of benzene rings is 3. The van der Waals surface area contributed by atoms with Crippen LogP contribution >= 0.6 is 34.8 Å². The molecular weight excluding hydrogens is 569 g/mol. The number of hydrogen-bond donors (Lipinski definition) is 1. The second kappa shape index (κ2) is 12.4. The number of carbonyl (C=O) groups excluding carboxylic acids is 2. The van der Waals surface area contributed by atoms with Crippen molar-refractivity contribution in [3.63, 3.8) is 0 Å². The zero-order valence-electron chi connectivity index (χ0n) is 21.3. The van der Waals surface area contributed by atoms with Gasteiger partial charge in [-0.25, -0.2) is 8.42 Å². The van der Waals surface area contributed by atoms with Gasteiger partial charge in [0.25, 0.3) is 10.0 Å². The SMILES string of the molecule is CNC(=O)[C@@H](C)N(Cc1ccc(Cl)cc1Cl)C(=O)CN(c1ccc(Cl)cc1C)S(=O)(=O)c1ccc(C)cc1. The predicted octanol–water partition coefficient (Wildman–Crippen LogP) is 5.62. The quantitative estimate of drug-likeness (QED) is 0.347. The Morgan fingerprint density at radius 3 is 2.11 bits per heavy atom. The van der Waals surface area contributed by atoms with E-state index in [9.17, 15) is 18.0 Å². The van der Waals surface area contributed by atoms with Crippen molar-refractivity contribution in [2.75, 3.05) is 17.9 Å². The Morgan fingerprint density at radius 1 is 0.921 bits per heavy atom. The van der Waals surface area contributed by atoms with Gasteiger partial charge in [-0.1, -0.05) is 58.6 Å². The molecule has 0 saturated carbocycles. The summed E-state index contributed by atoms with van der Waals surface area (Å²) in [5.74, 6) is -1.02. The van der Waals surface area contributed by atoms with Crippen molar-refractivity contribution in [2.24, 2.45) is 0 Å². The Labute approximate surface area is 238 Å². The van der Waals surface area contributed by atoms with E-state index in [1.54, 1.807) is 56.3 Å². The highest BCUT2D eigenvalue weighted by Crippen LogP contribution is 2.30. The van der Waals surface area contributed by atoms with Crippen LogP contribution in [-0.2, 0) is 26.2 Å². The third-order valence-electron chi connectivity index (χ3n) is 6.08. The predicted molar refractivity (Wildman–Crippen MR) is 152 cm³/mol. The fourth-order valence-electron chi connectivity index (χ4n) is 3.87. The molecule has 0 unspecified atom stereocenters. The number of carbonyl (C=O) groups is 2. The minimum absolute atomic E-state index is 0.0249.